The van der Waals surface area contributed by atoms with Crippen molar-refractivity contribution in [1.82, 2.24) is 20.4 Å². The van der Waals surface area contributed by atoms with E-state index >= 15 is 0 Å². The Kier molecular flexibility index (Phi) is 7.69. The second kappa shape index (κ2) is 10.0. The Bertz CT molecular complexity index is 571. The van der Waals surface area contributed by atoms with Crippen LogP contribution >= 0.6 is 0 Å². The molecule has 0 aliphatic carbocycles. The number of piperazine rings is 1. The maximum atomic E-state index is 12.4. The largest absolute Gasteiger partial charge is 0.445 e. The summed E-state index contributed by atoms with van der Waals surface area (Å²) in [5, 5.41) is 5.35. The lowest BCUT2D eigenvalue weighted by atomic mass is 10.1. The summed E-state index contributed by atoms with van der Waals surface area (Å²) in [5.74, 6) is -0.130. The molecule has 25 heavy (non-hydrogen) atoms. The number of nitrogens with zero attached hydrogens (tertiary/aromatic N) is 2. The normalized spacial score (nSPS) is 15.6. The minimum absolute atomic E-state index is 0.0740. The van der Waals surface area contributed by atoms with Crippen LogP contribution in [0.1, 0.15) is 22.3 Å². The minimum Gasteiger partial charge on any atom is -0.445 e. The third kappa shape index (κ3) is 6.36. The second-order valence-corrected chi connectivity index (χ2v) is 6.24. The highest BCUT2D eigenvalue weighted by Gasteiger charge is 2.14. The van der Waals surface area contributed by atoms with Crippen molar-refractivity contribution in [3.05, 3.63) is 35.4 Å². The Hall–Kier alpha value is -2.12. The van der Waals surface area contributed by atoms with Gasteiger partial charge in [0.25, 0.3) is 5.91 Å². The van der Waals surface area contributed by atoms with Gasteiger partial charge in [-0.3, -0.25) is 4.79 Å². The van der Waals surface area contributed by atoms with Crippen molar-refractivity contribution in [1.29, 1.82) is 0 Å². The summed E-state index contributed by atoms with van der Waals surface area (Å²) in [6, 6.07) is 7.18. The van der Waals surface area contributed by atoms with E-state index in [0.29, 0.717) is 17.7 Å². The number of hydrogen-bond acceptors (Lipinski definition) is 5. The highest BCUT2D eigenvalue weighted by molar-refractivity contribution is 5.95. The van der Waals surface area contributed by atoms with Crippen LogP contribution in [0.4, 0.5) is 4.79 Å². The Morgan fingerprint density at radius 2 is 1.88 bits per heavy atom. The lowest BCUT2D eigenvalue weighted by Gasteiger charge is -2.32. The van der Waals surface area contributed by atoms with E-state index in [1.165, 1.54) is 7.05 Å². The zero-order chi connectivity index (χ0) is 18.1. The monoisotopic (exact) mass is 348 g/mol. The quantitative estimate of drug-likeness (QED) is 0.717. The van der Waals surface area contributed by atoms with Crippen molar-refractivity contribution in [3.63, 3.8) is 0 Å². The number of nitrogens with one attached hydrogen (secondary N) is 2. The van der Waals surface area contributed by atoms with Gasteiger partial charge in [-0.1, -0.05) is 18.2 Å². The molecule has 1 aromatic rings. The summed E-state index contributed by atoms with van der Waals surface area (Å²) in [4.78, 5) is 28.3. The molecule has 1 aliphatic rings. The van der Waals surface area contributed by atoms with Crippen LogP contribution in [0.3, 0.4) is 0 Å². The third-order valence-corrected chi connectivity index (χ3v) is 4.36. The van der Waals surface area contributed by atoms with Gasteiger partial charge < -0.3 is 25.2 Å². The minimum atomic E-state index is -0.512. The number of benzene rings is 1. The SMILES string of the molecule is CNC(=O)OCc1ccccc1C(=O)NCCCN1CCN(C)CC1. The molecule has 0 saturated carbocycles. The Labute approximate surface area is 149 Å². The van der Waals surface area contributed by atoms with Crippen molar-refractivity contribution in [2.75, 3.05) is 53.4 Å². The number of alkyl carbamates (subject to hydrolysis) is 1. The predicted molar refractivity (Wildman–Crippen MR) is 96.6 cm³/mol. The highest BCUT2D eigenvalue weighted by Crippen LogP contribution is 2.10. The molecule has 2 N–H and O–H groups in total. The first-order valence-corrected chi connectivity index (χ1v) is 8.71. The topological polar surface area (TPSA) is 73.9 Å². The van der Waals surface area contributed by atoms with Crippen molar-refractivity contribution in [2.24, 2.45) is 0 Å². The van der Waals surface area contributed by atoms with E-state index in [1.54, 1.807) is 12.1 Å². The Morgan fingerprint density at radius 1 is 1.16 bits per heavy atom. The van der Waals surface area contributed by atoms with Crippen LogP contribution in [-0.4, -0.2) is 75.2 Å². The van der Waals surface area contributed by atoms with Crippen LogP contribution in [0.25, 0.3) is 0 Å². The van der Waals surface area contributed by atoms with Crippen molar-refractivity contribution >= 4 is 12.0 Å². The van der Waals surface area contributed by atoms with Gasteiger partial charge in [0.15, 0.2) is 0 Å². The molecule has 1 heterocycles. The van der Waals surface area contributed by atoms with Crippen LogP contribution in [0.15, 0.2) is 24.3 Å². The van der Waals surface area contributed by atoms with Gasteiger partial charge in [0.05, 0.1) is 0 Å². The highest BCUT2D eigenvalue weighted by atomic mass is 16.5. The van der Waals surface area contributed by atoms with E-state index in [4.69, 9.17) is 4.74 Å². The van der Waals surface area contributed by atoms with Gasteiger partial charge in [0, 0.05) is 50.9 Å². The van der Waals surface area contributed by atoms with Gasteiger partial charge in [-0.25, -0.2) is 4.79 Å². The van der Waals surface area contributed by atoms with Crippen molar-refractivity contribution in [2.45, 2.75) is 13.0 Å². The fourth-order valence-electron chi connectivity index (χ4n) is 2.75. The smallest absolute Gasteiger partial charge is 0.407 e. The standard InChI is InChI=1S/C18H28N4O3/c1-19-18(24)25-14-15-6-3-4-7-16(15)17(23)20-8-5-9-22-12-10-21(2)11-13-22/h3-4,6-7H,5,8-14H2,1-2H3,(H,19,24)(H,20,23). The predicted octanol–water partition coefficient (Wildman–Crippen LogP) is 0.910. The van der Waals surface area contributed by atoms with Gasteiger partial charge in [0.1, 0.15) is 6.61 Å². The second-order valence-electron chi connectivity index (χ2n) is 6.24. The number of hydrogen-bond donors (Lipinski definition) is 2. The molecule has 2 rings (SSSR count). The molecule has 0 spiro atoms. The molecule has 7 nitrogen and oxygen atoms in total. The summed E-state index contributed by atoms with van der Waals surface area (Å²) in [6.07, 6.45) is 0.411. The molecule has 0 aromatic heterocycles. The van der Waals surface area contributed by atoms with Gasteiger partial charge in [-0.05, 0) is 26.1 Å². The number of carbonyl (C=O) groups excluding carboxylic acids is 2. The first kappa shape index (κ1) is 19.2. The molecule has 2 amide bonds. The van der Waals surface area contributed by atoms with Gasteiger partial charge in [-0.2, -0.15) is 0 Å². The maximum Gasteiger partial charge on any atom is 0.407 e. The van der Waals surface area contributed by atoms with E-state index in [1.807, 2.05) is 12.1 Å². The molecule has 138 valence electrons. The summed E-state index contributed by atoms with van der Waals surface area (Å²) in [6.45, 7) is 6.08. The zero-order valence-electron chi connectivity index (χ0n) is 15.1. The summed E-state index contributed by atoms with van der Waals surface area (Å²) in [5.41, 5.74) is 1.24. The van der Waals surface area contributed by atoms with Gasteiger partial charge in [-0.15, -0.1) is 0 Å². The first-order chi connectivity index (χ1) is 12.1. The molecule has 1 saturated heterocycles. The van der Waals surface area contributed by atoms with E-state index in [-0.39, 0.29) is 12.5 Å². The van der Waals surface area contributed by atoms with Crippen LogP contribution < -0.4 is 10.6 Å². The molecule has 1 fully saturated rings. The Balaban J connectivity index is 1.75. The van der Waals surface area contributed by atoms with Crippen LogP contribution in [0.2, 0.25) is 0 Å². The Morgan fingerprint density at radius 3 is 2.60 bits per heavy atom. The first-order valence-electron chi connectivity index (χ1n) is 8.71. The van der Waals surface area contributed by atoms with Crippen LogP contribution in [0, 0.1) is 0 Å². The molecular weight excluding hydrogens is 320 g/mol. The maximum absolute atomic E-state index is 12.4. The molecule has 0 bridgehead atoms. The summed E-state index contributed by atoms with van der Waals surface area (Å²) in [7, 11) is 3.64. The van der Waals surface area contributed by atoms with E-state index in [0.717, 1.165) is 39.1 Å². The summed E-state index contributed by atoms with van der Waals surface area (Å²) < 4.78 is 5.04. The molecule has 0 atom stereocenters. The van der Waals surface area contributed by atoms with E-state index in [2.05, 4.69) is 27.5 Å². The zero-order valence-corrected chi connectivity index (χ0v) is 15.1. The van der Waals surface area contributed by atoms with Crippen LogP contribution in [0.5, 0.6) is 0 Å². The lowest BCUT2D eigenvalue weighted by Crippen LogP contribution is -2.45. The van der Waals surface area contributed by atoms with Crippen molar-refractivity contribution in [3.8, 4) is 0 Å². The van der Waals surface area contributed by atoms with Crippen molar-refractivity contribution < 1.29 is 14.3 Å². The fraction of sp³-hybridized carbons (Fsp3) is 0.556. The number of carbonyl (C=O) groups is 2. The fourth-order valence-corrected chi connectivity index (χ4v) is 2.75. The molecule has 0 radical (unpaired) electrons. The molecule has 1 aliphatic heterocycles. The average Bonchev–Trinajstić information content (AvgIpc) is 2.64. The van der Waals surface area contributed by atoms with E-state index in [9.17, 15) is 9.59 Å². The molecular formula is C18H28N4O3. The van der Waals surface area contributed by atoms with E-state index < -0.39 is 6.09 Å². The number of rotatable bonds is 7. The number of amides is 2. The molecule has 7 heteroatoms. The summed E-state index contributed by atoms with van der Waals surface area (Å²) >= 11 is 0. The molecule has 1 aromatic carbocycles. The average molecular weight is 348 g/mol. The van der Waals surface area contributed by atoms with Crippen LogP contribution in [-0.2, 0) is 11.3 Å². The van der Waals surface area contributed by atoms with Gasteiger partial charge >= 0.3 is 6.09 Å². The molecule has 0 unspecified atom stereocenters. The van der Waals surface area contributed by atoms with Gasteiger partial charge in [0.2, 0.25) is 0 Å². The third-order valence-electron chi connectivity index (χ3n) is 4.36. The lowest BCUT2D eigenvalue weighted by molar-refractivity contribution is 0.0943. The number of ether oxygens (including phenoxy) is 1. The number of likely N-dealkylation sites (N-methyl/N-ethyl adjacent to an activating group) is 1.